The number of nitrogens with one attached hydrogen (secondary N) is 2. The molecule has 6 nitrogen and oxygen atoms in total. The quantitative estimate of drug-likeness (QED) is 0.701. The SMILES string of the molecule is NS(=O)(=O)c1ccccc1NC(=O)CNC1CC1. The van der Waals surface area contributed by atoms with Crippen LogP contribution >= 0.6 is 0 Å². The molecule has 0 unspecified atom stereocenters. The van der Waals surface area contributed by atoms with Crippen LogP contribution in [0.15, 0.2) is 29.2 Å². The van der Waals surface area contributed by atoms with Gasteiger partial charge in [-0.15, -0.1) is 0 Å². The van der Waals surface area contributed by atoms with Gasteiger partial charge in [0, 0.05) is 6.04 Å². The van der Waals surface area contributed by atoms with Crippen molar-refractivity contribution in [1.29, 1.82) is 0 Å². The number of amides is 1. The molecule has 0 bridgehead atoms. The average molecular weight is 269 g/mol. The van der Waals surface area contributed by atoms with Crippen molar-refractivity contribution in [2.75, 3.05) is 11.9 Å². The molecule has 0 heterocycles. The molecule has 1 amide bonds. The highest BCUT2D eigenvalue weighted by Gasteiger charge is 2.21. The molecule has 0 aromatic heterocycles. The largest absolute Gasteiger partial charge is 0.324 e. The molecule has 0 radical (unpaired) electrons. The van der Waals surface area contributed by atoms with Crippen LogP contribution in [0.3, 0.4) is 0 Å². The molecule has 1 aliphatic rings. The normalized spacial score (nSPS) is 15.4. The molecule has 0 spiro atoms. The van der Waals surface area contributed by atoms with Gasteiger partial charge in [0.15, 0.2) is 0 Å². The second-order valence-electron chi connectivity index (χ2n) is 4.24. The minimum atomic E-state index is -3.83. The lowest BCUT2D eigenvalue weighted by atomic mass is 10.3. The van der Waals surface area contributed by atoms with Gasteiger partial charge in [0.05, 0.1) is 12.2 Å². The number of carbonyl (C=O) groups excluding carboxylic acids is 1. The third-order valence-corrected chi connectivity index (χ3v) is 3.57. The third kappa shape index (κ3) is 3.52. The van der Waals surface area contributed by atoms with E-state index in [1.807, 2.05) is 0 Å². The van der Waals surface area contributed by atoms with E-state index in [1.165, 1.54) is 12.1 Å². The zero-order valence-electron chi connectivity index (χ0n) is 9.72. The van der Waals surface area contributed by atoms with Crippen molar-refractivity contribution in [2.45, 2.75) is 23.8 Å². The van der Waals surface area contributed by atoms with Gasteiger partial charge in [-0.3, -0.25) is 4.79 Å². The van der Waals surface area contributed by atoms with E-state index in [-0.39, 0.29) is 23.0 Å². The highest BCUT2D eigenvalue weighted by molar-refractivity contribution is 7.89. The van der Waals surface area contributed by atoms with Crippen molar-refractivity contribution in [2.24, 2.45) is 5.14 Å². The Kier molecular flexibility index (Phi) is 3.65. The predicted molar refractivity (Wildman–Crippen MR) is 67.5 cm³/mol. The maximum absolute atomic E-state index is 11.6. The van der Waals surface area contributed by atoms with Crippen molar-refractivity contribution in [3.63, 3.8) is 0 Å². The van der Waals surface area contributed by atoms with Crippen LogP contribution in [-0.2, 0) is 14.8 Å². The van der Waals surface area contributed by atoms with Gasteiger partial charge in [0.1, 0.15) is 4.90 Å². The lowest BCUT2D eigenvalue weighted by Crippen LogP contribution is -2.30. The molecule has 2 rings (SSSR count). The summed E-state index contributed by atoms with van der Waals surface area (Å²) in [5.41, 5.74) is 0.211. The predicted octanol–water partition coefficient (Wildman–Crippen LogP) is 0.0245. The topological polar surface area (TPSA) is 101 Å². The van der Waals surface area contributed by atoms with Crippen LogP contribution in [0, 0.1) is 0 Å². The second kappa shape index (κ2) is 5.05. The van der Waals surface area contributed by atoms with E-state index in [4.69, 9.17) is 5.14 Å². The Morgan fingerprint density at radius 1 is 1.33 bits per heavy atom. The van der Waals surface area contributed by atoms with Gasteiger partial charge in [0.2, 0.25) is 15.9 Å². The summed E-state index contributed by atoms with van der Waals surface area (Å²) in [6, 6.07) is 6.48. The van der Waals surface area contributed by atoms with Gasteiger partial charge in [-0.05, 0) is 25.0 Å². The highest BCUT2D eigenvalue weighted by Crippen LogP contribution is 2.20. The van der Waals surface area contributed by atoms with E-state index in [2.05, 4.69) is 10.6 Å². The van der Waals surface area contributed by atoms with E-state index in [1.54, 1.807) is 12.1 Å². The minimum absolute atomic E-state index is 0.0789. The molecular weight excluding hydrogens is 254 g/mol. The van der Waals surface area contributed by atoms with E-state index in [9.17, 15) is 13.2 Å². The van der Waals surface area contributed by atoms with Gasteiger partial charge < -0.3 is 10.6 Å². The maximum Gasteiger partial charge on any atom is 0.240 e. The zero-order chi connectivity index (χ0) is 13.2. The number of sulfonamides is 1. The standard InChI is InChI=1S/C11H15N3O3S/c12-18(16,17)10-4-2-1-3-9(10)14-11(15)7-13-8-5-6-8/h1-4,8,13H,5-7H2,(H,14,15)(H2,12,16,17). The molecule has 1 aromatic carbocycles. The fraction of sp³-hybridized carbons (Fsp3) is 0.364. The molecule has 0 aliphatic heterocycles. The van der Waals surface area contributed by atoms with Gasteiger partial charge >= 0.3 is 0 Å². The molecule has 0 saturated heterocycles. The Balaban J connectivity index is 2.05. The molecule has 4 N–H and O–H groups in total. The van der Waals surface area contributed by atoms with E-state index >= 15 is 0 Å². The van der Waals surface area contributed by atoms with Gasteiger partial charge in [-0.2, -0.15) is 0 Å². The maximum atomic E-state index is 11.6. The third-order valence-electron chi connectivity index (χ3n) is 2.60. The summed E-state index contributed by atoms with van der Waals surface area (Å²) in [4.78, 5) is 11.5. The summed E-state index contributed by atoms with van der Waals surface area (Å²) in [5.74, 6) is -0.280. The first kappa shape index (κ1) is 13.0. The van der Waals surface area contributed by atoms with Crippen LogP contribution in [0.5, 0.6) is 0 Å². The summed E-state index contributed by atoms with van der Waals surface area (Å²) in [7, 11) is -3.83. The minimum Gasteiger partial charge on any atom is -0.324 e. The number of carbonyl (C=O) groups is 1. The fourth-order valence-corrected chi connectivity index (χ4v) is 2.23. The van der Waals surface area contributed by atoms with Crippen molar-refractivity contribution in [1.82, 2.24) is 5.32 Å². The number of benzene rings is 1. The van der Waals surface area contributed by atoms with Gasteiger partial charge in [-0.25, -0.2) is 13.6 Å². The van der Waals surface area contributed by atoms with Crippen LogP contribution in [0.2, 0.25) is 0 Å². The molecule has 7 heteroatoms. The number of primary sulfonamides is 1. The summed E-state index contributed by atoms with van der Waals surface area (Å²) in [5, 5.41) is 10.7. The number of hydrogen-bond acceptors (Lipinski definition) is 4. The molecule has 1 aliphatic carbocycles. The molecular formula is C11H15N3O3S. The number of rotatable bonds is 5. The van der Waals surface area contributed by atoms with Crippen LogP contribution in [0.4, 0.5) is 5.69 Å². The monoisotopic (exact) mass is 269 g/mol. The van der Waals surface area contributed by atoms with Crippen LogP contribution in [0.25, 0.3) is 0 Å². The Hall–Kier alpha value is -1.44. The second-order valence-corrected chi connectivity index (χ2v) is 5.77. The lowest BCUT2D eigenvalue weighted by Gasteiger charge is -2.09. The lowest BCUT2D eigenvalue weighted by molar-refractivity contribution is -0.115. The number of hydrogen-bond donors (Lipinski definition) is 3. The average Bonchev–Trinajstić information content (AvgIpc) is 3.09. The summed E-state index contributed by atoms with van der Waals surface area (Å²) < 4.78 is 22.6. The first-order valence-electron chi connectivity index (χ1n) is 5.62. The smallest absolute Gasteiger partial charge is 0.240 e. The first-order valence-corrected chi connectivity index (χ1v) is 7.16. The Morgan fingerprint density at radius 2 is 2.00 bits per heavy atom. The van der Waals surface area contributed by atoms with Crippen LogP contribution in [0.1, 0.15) is 12.8 Å². The van der Waals surface area contributed by atoms with Crippen LogP contribution in [-0.4, -0.2) is 26.9 Å². The number of nitrogens with two attached hydrogens (primary N) is 1. The van der Waals surface area contributed by atoms with E-state index < -0.39 is 10.0 Å². The molecule has 1 fully saturated rings. The molecule has 18 heavy (non-hydrogen) atoms. The Bertz CT molecular complexity index is 552. The van der Waals surface area contributed by atoms with Crippen molar-refractivity contribution in [3.8, 4) is 0 Å². The van der Waals surface area contributed by atoms with Gasteiger partial charge in [-0.1, -0.05) is 12.1 Å². The molecule has 1 aromatic rings. The van der Waals surface area contributed by atoms with Crippen molar-refractivity contribution < 1.29 is 13.2 Å². The first-order chi connectivity index (χ1) is 8.47. The van der Waals surface area contributed by atoms with Crippen molar-refractivity contribution >= 4 is 21.6 Å². The number of anilines is 1. The van der Waals surface area contributed by atoms with Gasteiger partial charge in [0.25, 0.3) is 0 Å². The summed E-state index contributed by atoms with van der Waals surface area (Å²) in [6.45, 7) is 0.170. The Labute approximate surface area is 106 Å². The van der Waals surface area contributed by atoms with Crippen molar-refractivity contribution in [3.05, 3.63) is 24.3 Å². The Morgan fingerprint density at radius 3 is 2.61 bits per heavy atom. The molecule has 0 atom stereocenters. The highest BCUT2D eigenvalue weighted by atomic mass is 32.2. The fourth-order valence-electron chi connectivity index (χ4n) is 1.54. The molecule has 1 saturated carbocycles. The summed E-state index contributed by atoms with van der Waals surface area (Å²) in [6.07, 6.45) is 2.17. The molecule has 98 valence electrons. The van der Waals surface area contributed by atoms with E-state index in [0.717, 1.165) is 12.8 Å². The zero-order valence-corrected chi connectivity index (χ0v) is 10.5. The van der Waals surface area contributed by atoms with E-state index in [0.29, 0.717) is 6.04 Å². The summed E-state index contributed by atoms with van der Waals surface area (Å²) >= 11 is 0. The van der Waals surface area contributed by atoms with Crippen LogP contribution < -0.4 is 15.8 Å². The number of para-hydroxylation sites is 1.